The number of pyridine rings is 1. The van der Waals surface area contributed by atoms with Gasteiger partial charge in [0.1, 0.15) is 10.8 Å². The molecule has 6 rings (SSSR count). The Kier molecular flexibility index (Phi) is 8.27. The molecule has 2 atom stereocenters. The third-order valence-corrected chi connectivity index (χ3v) is 9.05. The number of nitrogens with zero attached hydrogens (tertiary/aromatic N) is 3. The molecule has 2 aliphatic heterocycles. The van der Waals surface area contributed by atoms with E-state index < -0.39 is 0 Å². The summed E-state index contributed by atoms with van der Waals surface area (Å²) < 4.78 is 7.56. The molecule has 222 valence electrons. The zero-order valence-corrected chi connectivity index (χ0v) is 26.4. The van der Waals surface area contributed by atoms with E-state index in [0.717, 1.165) is 35.2 Å². The number of aryl methyl sites for hydroxylation is 1. The van der Waals surface area contributed by atoms with Gasteiger partial charge in [-0.25, -0.2) is 4.98 Å². The van der Waals surface area contributed by atoms with Gasteiger partial charge in [-0.3, -0.25) is 14.2 Å². The minimum Gasteiger partial charge on any atom is -0.492 e. The highest BCUT2D eigenvalue weighted by atomic mass is 35.5. The molecule has 1 amide bonds. The highest BCUT2D eigenvalue weighted by Crippen LogP contribution is 2.34. The Morgan fingerprint density at radius 1 is 1.12 bits per heavy atom. The fourth-order valence-electron chi connectivity index (χ4n) is 5.94. The number of rotatable bonds is 7. The van der Waals surface area contributed by atoms with Crippen molar-refractivity contribution < 1.29 is 9.53 Å². The molecule has 43 heavy (non-hydrogen) atoms. The number of thiazole rings is 1. The number of nitrogens with one attached hydrogen (secondary N) is 1. The number of carbonyl (C=O) groups is 1. The minimum absolute atomic E-state index is 0.101. The topological polar surface area (TPSA) is 76.5 Å². The van der Waals surface area contributed by atoms with Crippen molar-refractivity contribution in [2.24, 2.45) is 0 Å². The predicted molar refractivity (Wildman–Crippen MR) is 175 cm³/mol. The van der Waals surface area contributed by atoms with E-state index in [2.05, 4.69) is 5.32 Å². The molecule has 0 spiro atoms. The van der Waals surface area contributed by atoms with Crippen LogP contribution in [0, 0.1) is 6.92 Å². The van der Waals surface area contributed by atoms with Gasteiger partial charge >= 0.3 is 0 Å². The number of carbonyl (C=O) groups excluding carboxylic acids is 1. The zero-order chi connectivity index (χ0) is 30.2. The van der Waals surface area contributed by atoms with E-state index in [1.807, 2.05) is 68.3 Å². The van der Waals surface area contributed by atoms with Crippen LogP contribution in [0.15, 0.2) is 64.3 Å². The Balaban J connectivity index is 1.60. The number of halogens is 1. The molecular formula is C34H35ClN4O3S. The molecule has 4 aromatic rings. The summed E-state index contributed by atoms with van der Waals surface area (Å²) in [6.45, 7) is 9.52. The number of amides is 1. The second-order valence-corrected chi connectivity index (χ2v) is 12.8. The largest absolute Gasteiger partial charge is 0.492 e. The van der Waals surface area contributed by atoms with Crippen LogP contribution in [0.1, 0.15) is 55.2 Å². The molecule has 0 radical (unpaired) electrons. The fourth-order valence-corrected chi connectivity index (χ4v) is 6.94. The van der Waals surface area contributed by atoms with Crippen LogP contribution in [-0.2, 0) is 0 Å². The first kappa shape index (κ1) is 29.4. The van der Waals surface area contributed by atoms with Crippen molar-refractivity contribution in [1.29, 1.82) is 0 Å². The lowest BCUT2D eigenvalue weighted by atomic mass is 10.0. The average Bonchev–Trinajstić information content (AvgIpc) is 3.60. The fraction of sp³-hybridized carbons (Fsp3) is 0.324. The van der Waals surface area contributed by atoms with Gasteiger partial charge in [-0.1, -0.05) is 47.0 Å². The quantitative estimate of drug-likeness (QED) is 0.243. The van der Waals surface area contributed by atoms with Crippen molar-refractivity contribution in [3.63, 3.8) is 0 Å². The van der Waals surface area contributed by atoms with Crippen molar-refractivity contribution >= 4 is 34.9 Å². The summed E-state index contributed by atoms with van der Waals surface area (Å²) in [7, 11) is 0. The first-order valence-electron chi connectivity index (χ1n) is 14.7. The molecule has 2 aliphatic rings. The van der Waals surface area contributed by atoms with Crippen molar-refractivity contribution in [2.45, 2.75) is 52.6 Å². The van der Waals surface area contributed by atoms with Crippen LogP contribution in [0.3, 0.4) is 0 Å². The minimum atomic E-state index is -0.294. The van der Waals surface area contributed by atoms with E-state index in [4.69, 9.17) is 21.3 Å². The monoisotopic (exact) mass is 614 g/mol. The summed E-state index contributed by atoms with van der Waals surface area (Å²) in [5.74, 6) is 0.406. The molecule has 1 N–H and O–H groups in total. The molecule has 2 aromatic carbocycles. The number of ether oxygens (including phenoxy) is 1. The van der Waals surface area contributed by atoms with E-state index in [1.165, 1.54) is 11.3 Å². The lowest BCUT2D eigenvalue weighted by molar-refractivity contribution is 0.0696. The van der Waals surface area contributed by atoms with Crippen molar-refractivity contribution in [3.8, 4) is 33.3 Å². The summed E-state index contributed by atoms with van der Waals surface area (Å²) in [6.07, 6.45) is 4.01. The number of piperazine rings is 1. The average molecular weight is 615 g/mol. The van der Waals surface area contributed by atoms with Crippen molar-refractivity contribution in [2.75, 3.05) is 19.7 Å². The van der Waals surface area contributed by atoms with Crippen molar-refractivity contribution in [1.82, 2.24) is 19.8 Å². The van der Waals surface area contributed by atoms with Gasteiger partial charge in [0.15, 0.2) is 0 Å². The highest BCUT2D eigenvalue weighted by molar-refractivity contribution is 7.13. The molecule has 2 saturated heterocycles. The Hall–Kier alpha value is -3.72. The number of fused-ring (bicyclic) bond motifs is 2. The van der Waals surface area contributed by atoms with Crippen LogP contribution >= 0.6 is 22.9 Å². The van der Waals surface area contributed by atoms with Gasteiger partial charge in [0.25, 0.3) is 11.5 Å². The molecule has 0 aliphatic carbocycles. The number of hydrogen-bond donors (Lipinski definition) is 1. The first-order valence-corrected chi connectivity index (χ1v) is 15.9. The molecule has 9 heteroatoms. The molecule has 2 aromatic heterocycles. The first-order chi connectivity index (χ1) is 20.7. The van der Waals surface area contributed by atoms with Gasteiger partial charge in [-0.05, 0) is 70.9 Å². The van der Waals surface area contributed by atoms with Crippen LogP contribution in [0.25, 0.3) is 33.6 Å². The zero-order valence-electron chi connectivity index (χ0n) is 24.8. The summed E-state index contributed by atoms with van der Waals surface area (Å²) in [4.78, 5) is 35.8. The van der Waals surface area contributed by atoms with E-state index in [-0.39, 0.29) is 23.6 Å². The Bertz CT molecular complexity index is 1760. The molecule has 4 heterocycles. The SMILES string of the molecule is CCOc1ccc(Cl)cc1-n1c(C=C(C)C)c(C(=O)N2CC3CCC(C2)N3)cc(-c2nc(-c3ccc(C)cc3)cs2)c1=O. The van der Waals surface area contributed by atoms with Crippen LogP contribution < -0.4 is 15.6 Å². The molecule has 2 fully saturated rings. The number of allylic oxidation sites excluding steroid dienone is 1. The summed E-state index contributed by atoms with van der Waals surface area (Å²) in [6, 6.07) is 15.7. The summed E-state index contributed by atoms with van der Waals surface area (Å²) in [5, 5.41) is 6.57. The van der Waals surface area contributed by atoms with Crippen molar-refractivity contribution in [3.05, 3.63) is 91.7 Å². The maximum absolute atomic E-state index is 14.6. The maximum atomic E-state index is 14.6. The van der Waals surface area contributed by atoms with E-state index in [9.17, 15) is 9.59 Å². The van der Waals surface area contributed by atoms with Gasteiger partial charge < -0.3 is 15.0 Å². The van der Waals surface area contributed by atoms with E-state index >= 15 is 0 Å². The second-order valence-electron chi connectivity index (χ2n) is 11.5. The smallest absolute Gasteiger partial charge is 0.266 e. The van der Waals surface area contributed by atoms with Gasteiger partial charge in [-0.15, -0.1) is 11.3 Å². The molecule has 2 unspecified atom stereocenters. The lowest BCUT2D eigenvalue weighted by Gasteiger charge is -2.33. The normalized spacial score (nSPS) is 17.7. The molecule has 2 bridgehead atoms. The Morgan fingerprint density at radius 3 is 2.51 bits per heavy atom. The van der Waals surface area contributed by atoms with Gasteiger partial charge in [-0.2, -0.15) is 0 Å². The highest BCUT2D eigenvalue weighted by Gasteiger charge is 2.36. The van der Waals surface area contributed by atoms with Crippen LogP contribution in [-0.4, -0.2) is 52.1 Å². The molecule has 0 saturated carbocycles. The second kappa shape index (κ2) is 12.1. The standard InChI is InChI=1S/C34H35ClN4O3S/c1-5-42-31-13-10-23(35)15-30(31)39-29(14-20(2)3)26(33(40)38-17-24-11-12-25(18-38)36-24)16-27(34(39)41)32-37-28(19-43-32)22-8-6-21(4)7-9-22/h6-10,13-16,19,24-25,36H,5,11-12,17-18H2,1-4H3. The van der Waals surface area contributed by atoms with Crippen LogP contribution in [0.4, 0.5) is 0 Å². The van der Waals surface area contributed by atoms with E-state index in [0.29, 0.717) is 58.0 Å². The van der Waals surface area contributed by atoms with Gasteiger partial charge in [0, 0.05) is 41.1 Å². The number of benzene rings is 2. The number of likely N-dealkylation sites (tertiary alicyclic amines) is 1. The van der Waals surface area contributed by atoms with E-state index in [1.54, 1.807) is 28.8 Å². The third-order valence-electron chi connectivity index (χ3n) is 7.94. The summed E-state index contributed by atoms with van der Waals surface area (Å²) in [5.41, 5.74) is 5.36. The van der Waals surface area contributed by atoms with Crippen LogP contribution in [0.5, 0.6) is 5.75 Å². The Morgan fingerprint density at radius 2 is 1.84 bits per heavy atom. The summed E-state index contributed by atoms with van der Waals surface area (Å²) >= 11 is 7.89. The number of hydrogen-bond acceptors (Lipinski definition) is 6. The van der Waals surface area contributed by atoms with Crippen LogP contribution in [0.2, 0.25) is 5.02 Å². The third kappa shape index (κ3) is 5.92. The predicted octanol–water partition coefficient (Wildman–Crippen LogP) is 6.99. The lowest BCUT2D eigenvalue weighted by Crippen LogP contribution is -2.53. The maximum Gasteiger partial charge on any atom is 0.266 e. The Labute approximate surface area is 260 Å². The van der Waals surface area contributed by atoms with Gasteiger partial charge in [0.05, 0.1) is 34.8 Å². The molecule has 7 nitrogen and oxygen atoms in total. The van der Waals surface area contributed by atoms with Gasteiger partial charge in [0.2, 0.25) is 0 Å². The number of aromatic nitrogens is 2. The molecular weight excluding hydrogens is 580 g/mol.